The number of likely N-dealkylation sites (N-methyl/N-ethyl adjacent to an activating group) is 1. The Morgan fingerprint density at radius 3 is 2.73 bits per heavy atom. The van der Waals surface area contributed by atoms with Crippen LogP contribution in [-0.4, -0.2) is 41.8 Å². The minimum Gasteiger partial charge on any atom is -0.343 e. The molecule has 2 atom stereocenters. The van der Waals surface area contributed by atoms with E-state index in [4.69, 9.17) is 5.73 Å². The zero-order chi connectivity index (χ0) is 11.6. The van der Waals surface area contributed by atoms with E-state index in [0.717, 1.165) is 4.90 Å². The molecule has 0 spiro atoms. The van der Waals surface area contributed by atoms with Crippen LogP contribution in [0.1, 0.15) is 19.8 Å². The van der Waals surface area contributed by atoms with Gasteiger partial charge in [0, 0.05) is 13.5 Å². The summed E-state index contributed by atoms with van der Waals surface area (Å²) in [7, 11) is 1.41. The van der Waals surface area contributed by atoms with Crippen molar-refractivity contribution in [2.45, 2.75) is 31.8 Å². The number of piperidine rings is 1. The molecule has 1 unspecified atom stereocenters. The third kappa shape index (κ3) is 2.53. The van der Waals surface area contributed by atoms with Crippen LogP contribution in [0.15, 0.2) is 0 Å². The minimum absolute atomic E-state index is 0.216. The molecule has 3 N–H and O–H groups in total. The predicted molar refractivity (Wildman–Crippen MR) is 52.6 cm³/mol. The summed E-state index contributed by atoms with van der Waals surface area (Å²) in [6, 6.07) is -1.27. The number of nitrogens with zero attached hydrogens (tertiary/aromatic N) is 1. The van der Waals surface area contributed by atoms with Crippen LogP contribution >= 0.6 is 0 Å². The number of nitrogens with one attached hydrogen (secondary N) is 1. The maximum Gasteiger partial charge on any atom is 0.251 e. The monoisotopic (exact) mass is 213 g/mol. The summed E-state index contributed by atoms with van der Waals surface area (Å²) in [6.07, 6.45) is 0.618. The van der Waals surface area contributed by atoms with Crippen LogP contribution in [0.25, 0.3) is 0 Å². The second-order valence-electron chi connectivity index (χ2n) is 3.68. The molecule has 0 aromatic rings. The van der Waals surface area contributed by atoms with E-state index < -0.39 is 12.1 Å². The van der Waals surface area contributed by atoms with Crippen molar-refractivity contribution in [3.63, 3.8) is 0 Å². The molecular formula is C9H15N3O3. The van der Waals surface area contributed by atoms with Crippen molar-refractivity contribution in [2.75, 3.05) is 7.05 Å². The van der Waals surface area contributed by atoms with Crippen LogP contribution in [0.4, 0.5) is 0 Å². The van der Waals surface area contributed by atoms with Gasteiger partial charge in [-0.3, -0.25) is 19.3 Å². The molecule has 1 aliphatic heterocycles. The van der Waals surface area contributed by atoms with E-state index in [1.54, 1.807) is 0 Å². The summed E-state index contributed by atoms with van der Waals surface area (Å²) in [5.41, 5.74) is 5.36. The number of amides is 3. The average molecular weight is 213 g/mol. The molecular weight excluding hydrogens is 198 g/mol. The van der Waals surface area contributed by atoms with E-state index in [-0.39, 0.29) is 24.1 Å². The maximum absolute atomic E-state index is 11.5. The van der Waals surface area contributed by atoms with E-state index in [1.807, 2.05) is 0 Å². The summed E-state index contributed by atoms with van der Waals surface area (Å²) < 4.78 is 0. The van der Waals surface area contributed by atoms with Gasteiger partial charge in [0.05, 0.1) is 6.04 Å². The lowest BCUT2D eigenvalue weighted by Gasteiger charge is -2.28. The molecule has 0 aliphatic carbocycles. The third-order valence-corrected chi connectivity index (χ3v) is 2.38. The van der Waals surface area contributed by atoms with Crippen LogP contribution in [0.2, 0.25) is 0 Å². The molecule has 6 heteroatoms. The van der Waals surface area contributed by atoms with E-state index in [0.29, 0.717) is 6.42 Å². The first-order valence-electron chi connectivity index (χ1n) is 4.80. The standard InChI is InChI=1S/C9H15N3O3/c1-5(10)8(14)11-6-3-4-7(13)12(2)9(6)15/h5-6H,3-4,10H2,1-2H3,(H,11,14)/t5-,6?/m1/s1. The number of carbonyl (C=O) groups is 3. The molecule has 15 heavy (non-hydrogen) atoms. The minimum atomic E-state index is -0.652. The summed E-state index contributed by atoms with van der Waals surface area (Å²) in [5.74, 6) is -0.970. The first-order chi connectivity index (χ1) is 6.93. The van der Waals surface area contributed by atoms with E-state index in [9.17, 15) is 14.4 Å². The fraction of sp³-hybridized carbons (Fsp3) is 0.667. The summed E-state index contributed by atoms with van der Waals surface area (Å²) in [4.78, 5) is 35.0. The van der Waals surface area contributed by atoms with E-state index >= 15 is 0 Å². The number of imide groups is 1. The van der Waals surface area contributed by atoms with Gasteiger partial charge in [-0.05, 0) is 13.3 Å². The highest BCUT2D eigenvalue weighted by Crippen LogP contribution is 2.11. The Morgan fingerprint density at radius 2 is 2.20 bits per heavy atom. The van der Waals surface area contributed by atoms with Gasteiger partial charge >= 0.3 is 0 Å². The van der Waals surface area contributed by atoms with Gasteiger partial charge < -0.3 is 11.1 Å². The smallest absolute Gasteiger partial charge is 0.251 e. The molecule has 1 heterocycles. The van der Waals surface area contributed by atoms with Gasteiger partial charge in [-0.1, -0.05) is 0 Å². The molecule has 6 nitrogen and oxygen atoms in total. The SMILES string of the molecule is C[C@@H](N)C(=O)NC1CCC(=O)N(C)C1=O. The topological polar surface area (TPSA) is 92.5 Å². The first kappa shape index (κ1) is 11.6. The highest BCUT2D eigenvalue weighted by atomic mass is 16.2. The highest BCUT2D eigenvalue weighted by Gasteiger charge is 2.32. The van der Waals surface area contributed by atoms with Gasteiger partial charge in [-0.25, -0.2) is 0 Å². The van der Waals surface area contributed by atoms with Gasteiger partial charge in [0.1, 0.15) is 6.04 Å². The van der Waals surface area contributed by atoms with Gasteiger partial charge in [0.2, 0.25) is 11.8 Å². The third-order valence-electron chi connectivity index (χ3n) is 2.38. The van der Waals surface area contributed by atoms with Crippen LogP contribution in [0.3, 0.4) is 0 Å². The van der Waals surface area contributed by atoms with Crippen molar-refractivity contribution in [1.29, 1.82) is 0 Å². The fourth-order valence-electron chi connectivity index (χ4n) is 1.35. The molecule has 0 aromatic carbocycles. The lowest BCUT2D eigenvalue weighted by Crippen LogP contribution is -2.55. The Labute approximate surface area is 87.8 Å². The van der Waals surface area contributed by atoms with Gasteiger partial charge in [-0.2, -0.15) is 0 Å². The molecule has 0 radical (unpaired) electrons. The molecule has 1 fully saturated rings. The van der Waals surface area contributed by atoms with Crippen LogP contribution in [-0.2, 0) is 14.4 Å². The van der Waals surface area contributed by atoms with Crippen molar-refractivity contribution in [1.82, 2.24) is 10.2 Å². The Morgan fingerprint density at radius 1 is 1.60 bits per heavy atom. The normalized spacial score (nSPS) is 23.9. The van der Waals surface area contributed by atoms with Crippen LogP contribution < -0.4 is 11.1 Å². The summed E-state index contributed by atoms with van der Waals surface area (Å²) in [6.45, 7) is 1.54. The fourth-order valence-corrected chi connectivity index (χ4v) is 1.35. The molecule has 0 bridgehead atoms. The number of carbonyl (C=O) groups excluding carboxylic acids is 3. The largest absolute Gasteiger partial charge is 0.343 e. The van der Waals surface area contributed by atoms with Crippen molar-refractivity contribution in [3.05, 3.63) is 0 Å². The zero-order valence-corrected chi connectivity index (χ0v) is 8.82. The maximum atomic E-state index is 11.5. The Kier molecular flexibility index (Phi) is 3.41. The number of rotatable bonds is 2. The molecule has 0 saturated carbocycles. The number of hydrogen-bond acceptors (Lipinski definition) is 4. The second-order valence-corrected chi connectivity index (χ2v) is 3.68. The Balaban J connectivity index is 2.61. The van der Waals surface area contributed by atoms with Crippen molar-refractivity contribution in [2.24, 2.45) is 5.73 Å². The van der Waals surface area contributed by atoms with Crippen molar-refractivity contribution >= 4 is 17.7 Å². The highest BCUT2D eigenvalue weighted by molar-refractivity contribution is 6.01. The predicted octanol–water partition coefficient (Wildman–Crippen LogP) is -1.40. The van der Waals surface area contributed by atoms with Gasteiger partial charge in [-0.15, -0.1) is 0 Å². The lowest BCUT2D eigenvalue weighted by molar-refractivity contribution is -0.149. The molecule has 0 aromatic heterocycles. The van der Waals surface area contributed by atoms with Crippen molar-refractivity contribution < 1.29 is 14.4 Å². The van der Waals surface area contributed by atoms with Gasteiger partial charge in [0.15, 0.2) is 0 Å². The molecule has 84 valence electrons. The lowest BCUT2D eigenvalue weighted by atomic mass is 10.0. The quantitative estimate of drug-likeness (QED) is 0.552. The molecule has 1 aliphatic rings. The van der Waals surface area contributed by atoms with E-state index in [2.05, 4.69) is 5.32 Å². The first-order valence-corrected chi connectivity index (χ1v) is 4.80. The number of hydrogen-bond donors (Lipinski definition) is 2. The number of likely N-dealkylation sites (tertiary alicyclic amines) is 1. The molecule has 1 rings (SSSR count). The van der Waals surface area contributed by atoms with E-state index in [1.165, 1.54) is 14.0 Å². The average Bonchev–Trinajstić information content (AvgIpc) is 2.18. The second kappa shape index (κ2) is 4.39. The summed E-state index contributed by atoms with van der Waals surface area (Å²) >= 11 is 0. The number of nitrogens with two attached hydrogens (primary N) is 1. The zero-order valence-electron chi connectivity index (χ0n) is 8.82. The van der Waals surface area contributed by atoms with Gasteiger partial charge in [0.25, 0.3) is 5.91 Å². The summed E-state index contributed by atoms with van der Waals surface area (Å²) in [5, 5.41) is 2.51. The Hall–Kier alpha value is -1.43. The molecule has 1 saturated heterocycles. The van der Waals surface area contributed by atoms with Crippen LogP contribution in [0.5, 0.6) is 0 Å². The van der Waals surface area contributed by atoms with Crippen LogP contribution in [0, 0.1) is 0 Å². The molecule has 3 amide bonds. The Bertz CT molecular complexity index is 301. The van der Waals surface area contributed by atoms with Crippen molar-refractivity contribution in [3.8, 4) is 0 Å².